The summed E-state index contributed by atoms with van der Waals surface area (Å²) < 4.78 is 0. The minimum Gasteiger partial charge on any atom is -0.351 e. The quantitative estimate of drug-likeness (QED) is 0.835. The molecule has 0 saturated carbocycles. The van der Waals surface area contributed by atoms with E-state index in [1.165, 1.54) is 16.9 Å². The lowest BCUT2D eigenvalue weighted by molar-refractivity contribution is -0.121. The molecule has 2 amide bonds. The Morgan fingerprint density at radius 2 is 2.04 bits per heavy atom. The van der Waals surface area contributed by atoms with E-state index in [1.807, 2.05) is 23.6 Å². The van der Waals surface area contributed by atoms with Gasteiger partial charge in [0, 0.05) is 36.5 Å². The van der Waals surface area contributed by atoms with Gasteiger partial charge in [-0.05, 0) is 30.5 Å². The van der Waals surface area contributed by atoms with E-state index in [9.17, 15) is 9.59 Å². The predicted octanol–water partition coefficient (Wildman–Crippen LogP) is 2.43. The number of hydrogen-bond donors (Lipinski definition) is 2. The van der Waals surface area contributed by atoms with Crippen LogP contribution in [0.3, 0.4) is 0 Å². The number of nitrogens with zero attached hydrogens (tertiary/aromatic N) is 1. The Kier molecular flexibility index (Phi) is 5.83. The summed E-state index contributed by atoms with van der Waals surface area (Å²) in [4.78, 5) is 26.4. The van der Waals surface area contributed by atoms with Crippen LogP contribution in [0.1, 0.15) is 34.8 Å². The van der Waals surface area contributed by atoms with Gasteiger partial charge in [-0.25, -0.2) is 0 Å². The van der Waals surface area contributed by atoms with Gasteiger partial charge in [0.25, 0.3) is 5.91 Å². The number of carbonyl (C=O) groups excluding carboxylic acids is 2. The molecule has 1 fully saturated rings. The van der Waals surface area contributed by atoms with Gasteiger partial charge in [0.1, 0.15) is 0 Å². The second-order valence-corrected chi connectivity index (χ2v) is 7.10. The summed E-state index contributed by atoms with van der Waals surface area (Å²) in [6.45, 7) is 1.30. The van der Waals surface area contributed by atoms with Crippen molar-refractivity contribution in [1.29, 1.82) is 0 Å². The lowest BCUT2D eigenvalue weighted by atomic mass is 10.00. The van der Waals surface area contributed by atoms with Crippen molar-refractivity contribution < 1.29 is 9.59 Å². The van der Waals surface area contributed by atoms with Gasteiger partial charge in [-0.15, -0.1) is 0 Å². The van der Waals surface area contributed by atoms with Gasteiger partial charge < -0.3 is 10.6 Å². The molecule has 1 aliphatic heterocycles. The van der Waals surface area contributed by atoms with Gasteiger partial charge in [-0.3, -0.25) is 14.5 Å². The summed E-state index contributed by atoms with van der Waals surface area (Å²) >= 11 is 1.48. The van der Waals surface area contributed by atoms with Crippen molar-refractivity contribution >= 4 is 23.2 Å². The normalized spacial score (nSPS) is 20.4. The Bertz CT molecular complexity index is 703. The molecule has 2 N–H and O–H groups in total. The molecule has 2 aromatic rings. The minimum absolute atomic E-state index is 0.0214. The van der Waals surface area contributed by atoms with E-state index in [0.717, 1.165) is 13.0 Å². The van der Waals surface area contributed by atoms with Crippen LogP contribution in [-0.2, 0) is 4.79 Å². The van der Waals surface area contributed by atoms with Crippen molar-refractivity contribution in [3.05, 3.63) is 58.3 Å². The third-order valence-corrected chi connectivity index (χ3v) is 5.24. The first-order valence-electron chi connectivity index (χ1n) is 8.50. The van der Waals surface area contributed by atoms with E-state index in [2.05, 4.69) is 34.7 Å². The maximum atomic E-state index is 12.3. The van der Waals surface area contributed by atoms with E-state index >= 15 is 0 Å². The molecular formula is C19H23N3O2S. The van der Waals surface area contributed by atoms with Crippen LogP contribution in [0.5, 0.6) is 0 Å². The Balaban J connectivity index is 1.49. The highest BCUT2D eigenvalue weighted by Crippen LogP contribution is 2.30. The summed E-state index contributed by atoms with van der Waals surface area (Å²) in [5, 5.41) is 9.59. The van der Waals surface area contributed by atoms with Crippen LogP contribution in [0.25, 0.3) is 0 Å². The molecular weight excluding hydrogens is 334 g/mol. The molecule has 1 aliphatic rings. The van der Waals surface area contributed by atoms with Crippen LogP contribution in [0.2, 0.25) is 0 Å². The molecule has 1 aromatic heterocycles. The second-order valence-electron chi connectivity index (χ2n) is 6.32. The molecule has 0 spiro atoms. The molecule has 2 heterocycles. The van der Waals surface area contributed by atoms with Crippen molar-refractivity contribution in [3.8, 4) is 0 Å². The zero-order valence-corrected chi connectivity index (χ0v) is 15.1. The standard InChI is InChI=1S/C19H23N3O2S/c1-22-11-8-16(18(22)14-5-3-2-4-6-14)21-17(23)7-10-20-19(24)15-9-12-25-13-15/h2-6,9,12-13,16,18H,7-8,10-11H2,1H3,(H,20,24)(H,21,23)/t16-,18-/m1/s1. The molecule has 0 radical (unpaired) electrons. The number of amides is 2. The molecule has 3 rings (SSSR count). The molecule has 6 heteroatoms. The number of nitrogens with one attached hydrogen (secondary N) is 2. The van der Waals surface area contributed by atoms with Crippen LogP contribution >= 0.6 is 11.3 Å². The third kappa shape index (κ3) is 4.46. The van der Waals surface area contributed by atoms with Gasteiger partial charge in [0.05, 0.1) is 6.04 Å². The predicted molar refractivity (Wildman–Crippen MR) is 99.6 cm³/mol. The Morgan fingerprint density at radius 3 is 2.76 bits per heavy atom. The fourth-order valence-corrected chi connectivity index (χ4v) is 3.94. The lowest BCUT2D eigenvalue weighted by Crippen LogP contribution is -2.40. The largest absolute Gasteiger partial charge is 0.351 e. The summed E-state index contributed by atoms with van der Waals surface area (Å²) in [7, 11) is 2.09. The number of hydrogen-bond acceptors (Lipinski definition) is 4. The first-order valence-corrected chi connectivity index (χ1v) is 9.44. The second kappa shape index (κ2) is 8.27. The molecule has 132 valence electrons. The molecule has 0 aliphatic carbocycles. The van der Waals surface area contributed by atoms with Crippen molar-refractivity contribution in [2.45, 2.75) is 24.9 Å². The molecule has 0 bridgehead atoms. The first-order chi connectivity index (χ1) is 12.1. The van der Waals surface area contributed by atoms with Gasteiger partial charge in [0.2, 0.25) is 5.91 Å². The molecule has 5 nitrogen and oxygen atoms in total. The summed E-state index contributed by atoms with van der Waals surface area (Å²) in [6, 6.07) is 12.3. The average molecular weight is 357 g/mol. The Morgan fingerprint density at radius 1 is 1.24 bits per heavy atom. The van der Waals surface area contributed by atoms with Crippen LogP contribution in [0, 0.1) is 0 Å². The maximum Gasteiger partial charge on any atom is 0.252 e. The molecule has 2 atom stereocenters. The topological polar surface area (TPSA) is 61.4 Å². The summed E-state index contributed by atoms with van der Waals surface area (Å²) in [5.41, 5.74) is 1.87. The maximum absolute atomic E-state index is 12.3. The summed E-state index contributed by atoms with van der Waals surface area (Å²) in [6.07, 6.45) is 1.22. The average Bonchev–Trinajstić information content (AvgIpc) is 3.26. The molecule has 1 saturated heterocycles. The molecule has 0 unspecified atom stereocenters. The molecule has 25 heavy (non-hydrogen) atoms. The van der Waals surface area contributed by atoms with Gasteiger partial charge in [-0.2, -0.15) is 11.3 Å². The lowest BCUT2D eigenvalue weighted by Gasteiger charge is -2.26. The summed E-state index contributed by atoms with van der Waals surface area (Å²) in [5.74, 6) is -0.149. The SMILES string of the molecule is CN1CC[C@@H](NC(=O)CCNC(=O)c2ccsc2)[C@H]1c1ccccc1. The smallest absolute Gasteiger partial charge is 0.252 e. The number of likely N-dealkylation sites (tertiary alicyclic amines) is 1. The first kappa shape index (κ1) is 17.6. The fourth-order valence-electron chi connectivity index (χ4n) is 3.30. The van der Waals surface area contributed by atoms with Crippen LogP contribution < -0.4 is 10.6 Å². The Hall–Kier alpha value is -2.18. The number of likely N-dealkylation sites (N-methyl/N-ethyl adjacent to an activating group) is 1. The van der Waals surface area contributed by atoms with Crippen molar-refractivity contribution in [3.63, 3.8) is 0 Å². The minimum atomic E-state index is -0.128. The Labute approximate surface area is 152 Å². The zero-order valence-electron chi connectivity index (χ0n) is 14.3. The van der Waals surface area contributed by atoms with Gasteiger partial charge in [-0.1, -0.05) is 30.3 Å². The highest BCUT2D eigenvalue weighted by Gasteiger charge is 2.33. The third-order valence-electron chi connectivity index (χ3n) is 4.56. The van der Waals surface area contributed by atoms with Crippen molar-refractivity contribution in [2.75, 3.05) is 20.1 Å². The highest BCUT2D eigenvalue weighted by molar-refractivity contribution is 7.08. The van der Waals surface area contributed by atoms with Crippen molar-refractivity contribution in [1.82, 2.24) is 15.5 Å². The number of thiophene rings is 1. The fraction of sp³-hybridized carbons (Fsp3) is 0.368. The van der Waals surface area contributed by atoms with E-state index in [4.69, 9.17) is 0 Å². The monoisotopic (exact) mass is 357 g/mol. The van der Waals surface area contributed by atoms with E-state index in [-0.39, 0.29) is 30.3 Å². The van der Waals surface area contributed by atoms with Gasteiger partial charge >= 0.3 is 0 Å². The van der Waals surface area contributed by atoms with Crippen molar-refractivity contribution in [2.24, 2.45) is 0 Å². The van der Waals surface area contributed by atoms with E-state index < -0.39 is 0 Å². The number of rotatable bonds is 6. The molecule has 1 aromatic carbocycles. The number of benzene rings is 1. The zero-order chi connectivity index (χ0) is 17.6. The van der Waals surface area contributed by atoms with Crippen LogP contribution in [0.15, 0.2) is 47.2 Å². The highest BCUT2D eigenvalue weighted by atomic mass is 32.1. The van der Waals surface area contributed by atoms with Gasteiger partial charge in [0.15, 0.2) is 0 Å². The van der Waals surface area contributed by atoms with E-state index in [1.54, 1.807) is 11.4 Å². The number of carbonyl (C=O) groups is 2. The van der Waals surface area contributed by atoms with Crippen LogP contribution in [0.4, 0.5) is 0 Å². The van der Waals surface area contributed by atoms with Crippen LogP contribution in [-0.4, -0.2) is 42.9 Å². The van der Waals surface area contributed by atoms with E-state index in [0.29, 0.717) is 12.1 Å².